The molecule has 0 aliphatic carbocycles. The van der Waals surface area contributed by atoms with Gasteiger partial charge in [0.25, 0.3) is 0 Å². The van der Waals surface area contributed by atoms with E-state index in [-0.39, 0.29) is 11.7 Å². The van der Waals surface area contributed by atoms with Crippen LogP contribution in [0.3, 0.4) is 0 Å². The van der Waals surface area contributed by atoms with Gasteiger partial charge in [0.2, 0.25) is 5.91 Å². The molecular weight excluding hydrogens is 361 g/mol. The van der Waals surface area contributed by atoms with Crippen molar-refractivity contribution >= 4 is 22.4 Å². The lowest BCUT2D eigenvalue weighted by molar-refractivity contribution is -0.128. The van der Waals surface area contributed by atoms with E-state index >= 15 is 0 Å². The first kappa shape index (κ1) is 17.7. The molecule has 4 rings (SSSR count). The minimum Gasteiger partial charge on any atom is -0.357 e. The minimum absolute atomic E-state index is 0.245. The number of rotatable bonds is 6. The molecule has 27 heavy (non-hydrogen) atoms. The Bertz CT molecular complexity index is 939. The van der Waals surface area contributed by atoms with Crippen molar-refractivity contribution < 1.29 is 9.18 Å². The average molecular weight is 381 g/mol. The minimum atomic E-state index is -0.247. The van der Waals surface area contributed by atoms with Gasteiger partial charge in [-0.1, -0.05) is 24.3 Å². The maximum absolute atomic E-state index is 13.0. The van der Waals surface area contributed by atoms with Crippen LogP contribution in [0.25, 0.3) is 11.3 Å². The molecule has 0 saturated carbocycles. The summed E-state index contributed by atoms with van der Waals surface area (Å²) < 4.78 is 13.0. The molecule has 2 heterocycles. The number of hydrogen-bond donors (Lipinski definition) is 1. The lowest BCUT2D eigenvalue weighted by Gasteiger charge is -2.16. The zero-order chi connectivity index (χ0) is 18.6. The second-order valence-electron chi connectivity index (χ2n) is 6.64. The summed E-state index contributed by atoms with van der Waals surface area (Å²) in [4.78, 5) is 18.3. The van der Waals surface area contributed by atoms with Gasteiger partial charge < -0.3 is 10.2 Å². The standard InChI is InChI=1S/C21H20FN3OS/c22-18-8-6-17(7-9-18)19-14-27-21(24-19)23-12-15-3-1-4-16(11-15)13-25-10-2-5-20(25)26/h1,3-4,6-9,11,14H,2,5,10,12-13H2,(H,23,24). The Morgan fingerprint density at radius 2 is 1.96 bits per heavy atom. The molecule has 1 aliphatic rings. The summed E-state index contributed by atoms with van der Waals surface area (Å²) in [5.74, 6) is -0.00234. The number of carbonyl (C=O) groups is 1. The van der Waals surface area contributed by atoms with Crippen LogP contribution in [-0.4, -0.2) is 22.3 Å². The van der Waals surface area contributed by atoms with Crippen molar-refractivity contribution in [1.82, 2.24) is 9.88 Å². The first-order valence-corrected chi connectivity index (χ1v) is 9.86. The van der Waals surface area contributed by atoms with E-state index in [0.717, 1.165) is 40.5 Å². The van der Waals surface area contributed by atoms with Crippen LogP contribution in [0.15, 0.2) is 53.9 Å². The van der Waals surface area contributed by atoms with Crippen molar-refractivity contribution in [2.24, 2.45) is 0 Å². The SMILES string of the molecule is O=C1CCCN1Cc1cccc(CNc2nc(-c3ccc(F)cc3)cs2)c1. The predicted molar refractivity (Wildman–Crippen MR) is 106 cm³/mol. The van der Waals surface area contributed by atoms with Gasteiger partial charge in [0.15, 0.2) is 5.13 Å². The van der Waals surface area contributed by atoms with Crippen molar-refractivity contribution in [1.29, 1.82) is 0 Å². The van der Waals surface area contributed by atoms with E-state index in [1.54, 1.807) is 12.1 Å². The van der Waals surface area contributed by atoms with Crippen molar-refractivity contribution in [3.05, 3.63) is 70.9 Å². The highest BCUT2D eigenvalue weighted by Crippen LogP contribution is 2.25. The first-order chi connectivity index (χ1) is 13.2. The van der Waals surface area contributed by atoms with Gasteiger partial charge in [-0.2, -0.15) is 0 Å². The second kappa shape index (κ2) is 7.88. The molecule has 1 saturated heterocycles. The quantitative estimate of drug-likeness (QED) is 0.674. The smallest absolute Gasteiger partial charge is 0.222 e. The van der Waals surface area contributed by atoms with Crippen molar-refractivity contribution in [2.45, 2.75) is 25.9 Å². The van der Waals surface area contributed by atoms with E-state index in [1.807, 2.05) is 16.3 Å². The third-order valence-electron chi connectivity index (χ3n) is 4.62. The Morgan fingerprint density at radius 3 is 2.74 bits per heavy atom. The number of likely N-dealkylation sites (tertiary alicyclic amines) is 1. The molecule has 2 aromatic carbocycles. The fourth-order valence-corrected chi connectivity index (χ4v) is 3.93. The summed E-state index contributed by atoms with van der Waals surface area (Å²) in [5.41, 5.74) is 4.04. The van der Waals surface area contributed by atoms with E-state index in [4.69, 9.17) is 0 Å². The molecule has 0 spiro atoms. The second-order valence-corrected chi connectivity index (χ2v) is 7.50. The van der Waals surface area contributed by atoms with Crippen LogP contribution in [0.1, 0.15) is 24.0 Å². The highest BCUT2D eigenvalue weighted by atomic mass is 32.1. The van der Waals surface area contributed by atoms with Gasteiger partial charge in [-0.05, 0) is 41.8 Å². The summed E-state index contributed by atoms with van der Waals surface area (Å²) in [6.45, 7) is 2.20. The number of aromatic nitrogens is 1. The Balaban J connectivity index is 1.38. The van der Waals surface area contributed by atoms with E-state index in [1.165, 1.54) is 23.5 Å². The molecule has 3 aromatic rings. The summed E-state index contributed by atoms with van der Waals surface area (Å²) in [6.07, 6.45) is 1.63. The predicted octanol–water partition coefficient (Wildman–Crippen LogP) is 4.68. The summed E-state index contributed by atoms with van der Waals surface area (Å²) in [6, 6.07) is 14.6. The van der Waals surface area contributed by atoms with Gasteiger partial charge >= 0.3 is 0 Å². The third-order valence-corrected chi connectivity index (χ3v) is 5.42. The largest absolute Gasteiger partial charge is 0.357 e. The number of nitrogens with one attached hydrogen (secondary N) is 1. The van der Waals surface area contributed by atoms with Gasteiger partial charge in [-0.3, -0.25) is 4.79 Å². The molecule has 1 fully saturated rings. The molecule has 0 unspecified atom stereocenters. The summed E-state index contributed by atoms with van der Waals surface area (Å²) >= 11 is 1.53. The van der Waals surface area contributed by atoms with Crippen LogP contribution >= 0.6 is 11.3 Å². The topological polar surface area (TPSA) is 45.2 Å². The number of halogens is 1. The van der Waals surface area contributed by atoms with Crippen LogP contribution < -0.4 is 5.32 Å². The molecule has 6 heteroatoms. The number of hydrogen-bond acceptors (Lipinski definition) is 4. The number of thiazole rings is 1. The average Bonchev–Trinajstić information content (AvgIpc) is 3.31. The summed E-state index contributed by atoms with van der Waals surface area (Å²) in [5, 5.41) is 6.14. The molecule has 1 N–H and O–H groups in total. The molecule has 0 atom stereocenters. The Morgan fingerprint density at radius 1 is 1.15 bits per heavy atom. The van der Waals surface area contributed by atoms with Crippen molar-refractivity contribution in [3.8, 4) is 11.3 Å². The van der Waals surface area contributed by atoms with Crippen LogP contribution in [0.2, 0.25) is 0 Å². The normalized spacial score (nSPS) is 14.0. The zero-order valence-electron chi connectivity index (χ0n) is 14.8. The molecule has 1 amide bonds. The van der Waals surface area contributed by atoms with Gasteiger partial charge in [0.1, 0.15) is 5.82 Å². The molecule has 4 nitrogen and oxygen atoms in total. The maximum Gasteiger partial charge on any atom is 0.222 e. The fraction of sp³-hybridized carbons (Fsp3) is 0.238. The first-order valence-electron chi connectivity index (χ1n) is 8.98. The van der Waals surface area contributed by atoms with Gasteiger partial charge in [-0.25, -0.2) is 9.37 Å². The Hall–Kier alpha value is -2.73. The number of amides is 1. The number of carbonyl (C=O) groups excluding carboxylic acids is 1. The lowest BCUT2D eigenvalue weighted by atomic mass is 10.1. The van der Waals surface area contributed by atoms with Crippen molar-refractivity contribution in [3.63, 3.8) is 0 Å². The van der Waals surface area contributed by atoms with E-state index in [2.05, 4.69) is 28.5 Å². The van der Waals surface area contributed by atoms with Crippen LogP contribution in [0.4, 0.5) is 9.52 Å². The van der Waals surface area contributed by atoms with Crippen LogP contribution in [0, 0.1) is 5.82 Å². The van der Waals surface area contributed by atoms with Gasteiger partial charge in [0, 0.05) is 37.0 Å². The molecule has 0 bridgehead atoms. The molecule has 138 valence electrons. The highest BCUT2D eigenvalue weighted by molar-refractivity contribution is 7.14. The lowest BCUT2D eigenvalue weighted by Crippen LogP contribution is -2.23. The van der Waals surface area contributed by atoms with E-state index < -0.39 is 0 Å². The van der Waals surface area contributed by atoms with E-state index in [9.17, 15) is 9.18 Å². The van der Waals surface area contributed by atoms with Crippen molar-refractivity contribution in [2.75, 3.05) is 11.9 Å². The van der Waals surface area contributed by atoms with Gasteiger partial charge in [0.05, 0.1) is 5.69 Å². The monoisotopic (exact) mass is 381 g/mol. The fourth-order valence-electron chi connectivity index (χ4n) is 3.22. The van der Waals surface area contributed by atoms with Gasteiger partial charge in [-0.15, -0.1) is 11.3 Å². The third kappa shape index (κ3) is 4.34. The molecule has 1 aromatic heterocycles. The van der Waals surface area contributed by atoms with Crippen LogP contribution in [-0.2, 0) is 17.9 Å². The Kier molecular flexibility index (Phi) is 5.16. The molecule has 1 aliphatic heterocycles. The summed E-state index contributed by atoms with van der Waals surface area (Å²) in [7, 11) is 0. The molecular formula is C21H20FN3OS. The molecule has 0 radical (unpaired) electrons. The highest BCUT2D eigenvalue weighted by Gasteiger charge is 2.19. The zero-order valence-corrected chi connectivity index (χ0v) is 15.6. The Labute approximate surface area is 161 Å². The number of benzene rings is 2. The van der Waals surface area contributed by atoms with E-state index in [0.29, 0.717) is 19.5 Å². The maximum atomic E-state index is 13.0. The number of anilines is 1. The van der Waals surface area contributed by atoms with Crippen LogP contribution in [0.5, 0.6) is 0 Å². The number of nitrogens with zero attached hydrogens (tertiary/aromatic N) is 2.